The molecule has 0 saturated carbocycles. The highest BCUT2D eigenvalue weighted by Crippen LogP contribution is 2.26. The van der Waals surface area contributed by atoms with E-state index >= 15 is 0 Å². The van der Waals surface area contributed by atoms with Gasteiger partial charge in [-0.05, 0) is 5.56 Å². The van der Waals surface area contributed by atoms with Gasteiger partial charge >= 0.3 is 11.9 Å². The van der Waals surface area contributed by atoms with E-state index in [0.29, 0.717) is 18.7 Å². The molecule has 1 aromatic carbocycles. The predicted octanol–water partition coefficient (Wildman–Crippen LogP) is -0.339. The quantitative estimate of drug-likeness (QED) is 0.684. The fourth-order valence-electron chi connectivity index (χ4n) is 2.81. The molecule has 0 bridgehead atoms. The van der Waals surface area contributed by atoms with Crippen molar-refractivity contribution in [3.8, 4) is 0 Å². The number of nitrogens with zero attached hydrogens (tertiary/aromatic N) is 2. The van der Waals surface area contributed by atoms with Crippen molar-refractivity contribution in [3.63, 3.8) is 0 Å². The molecule has 1 saturated heterocycles. The van der Waals surface area contributed by atoms with Crippen molar-refractivity contribution in [1.29, 1.82) is 0 Å². The van der Waals surface area contributed by atoms with Gasteiger partial charge in [0.05, 0.1) is 13.1 Å². The summed E-state index contributed by atoms with van der Waals surface area (Å²) in [5, 5.41) is 29.0. The molecule has 0 aliphatic carbocycles. The summed E-state index contributed by atoms with van der Waals surface area (Å²) in [6, 6.07) is 8.95. The first-order valence-corrected chi connectivity index (χ1v) is 7.05. The normalized spacial score (nSPS) is 19.5. The molecule has 1 fully saturated rings. The van der Waals surface area contributed by atoms with Crippen molar-refractivity contribution in [2.45, 2.75) is 5.60 Å². The van der Waals surface area contributed by atoms with Crippen LogP contribution in [0.25, 0.3) is 0 Å². The van der Waals surface area contributed by atoms with Crippen LogP contribution in [0.5, 0.6) is 0 Å². The lowest BCUT2D eigenvalue weighted by atomic mass is 9.93. The van der Waals surface area contributed by atoms with Gasteiger partial charge in [-0.1, -0.05) is 30.3 Å². The number of hydrogen-bond donors (Lipinski definition) is 3. The molecule has 7 heteroatoms. The highest BCUT2D eigenvalue weighted by atomic mass is 16.4. The number of β-amino-alcohol motifs (C(OH)–C–C–N with tert-alkyl or cyclic N) is 1. The van der Waals surface area contributed by atoms with Gasteiger partial charge in [-0.15, -0.1) is 0 Å². The Morgan fingerprint density at radius 3 is 1.82 bits per heavy atom. The van der Waals surface area contributed by atoms with Crippen LogP contribution < -0.4 is 0 Å². The number of aliphatic hydroxyl groups is 1. The average Bonchev–Trinajstić information content (AvgIpc) is 2.58. The SMILES string of the molecule is O=C(O)CN1CCN(CC(=O)O)CC(O)(c2ccccc2)C1. The van der Waals surface area contributed by atoms with Crippen LogP contribution in [0.1, 0.15) is 5.56 Å². The van der Waals surface area contributed by atoms with Gasteiger partial charge in [-0.2, -0.15) is 0 Å². The van der Waals surface area contributed by atoms with E-state index in [1.165, 1.54) is 0 Å². The molecule has 1 aromatic rings. The third-order valence-electron chi connectivity index (χ3n) is 3.73. The van der Waals surface area contributed by atoms with E-state index in [1.807, 2.05) is 6.07 Å². The van der Waals surface area contributed by atoms with Gasteiger partial charge in [-0.3, -0.25) is 19.4 Å². The van der Waals surface area contributed by atoms with Crippen molar-refractivity contribution >= 4 is 11.9 Å². The zero-order valence-electron chi connectivity index (χ0n) is 12.2. The Kier molecular flexibility index (Phi) is 5.12. The Bertz CT molecular complexity index is 508. The molecule has 0 radical (unpaired) electrons. The van der Waals surface area contributed by atoms with Crippen LogP contribution in [-0.4, -0.2) is 76.3 Å². The van der Waals surface area contributed by atoms with Crippen molar-refractivity contribution in [3.05, 3.63) is 35.9 Å². The first-order valence-electron chi connectivity index (χ1n) is 7.05. The number of carboxylic acids is 2. The van der Waals surface area contributed by atoms with Crippen LogP contribution in [0, 0.1) is 0 Å². The predicted molar refractivity (Wildman–Crippen MR) is 78.5 cm³/mol. The summed E-state index contributed by atoms with van der Waals surface area (Å²) in [4.78, 5) is 25.2. The Morgan fingerprint density at radius 1 is 0.955 bits per heavy atom. The number of rotatable bonds is 5. The van der Waals surface area contributed by atoms with Crippen molar-refractivity contribution < 1.29 is 24.9 Å². The molecular weight excluding hydrogens is 288 g/mol. The van der Waals surface area contributed by atoms with Gasteiger partial charge in [-0.25, -0.2) is 0 Å². The van der Waals surface area contributed by atoms with Gasteiger partial charge in [0.1, 0.15) is 5.60 Å². The van der Waals surface area contributed by atoms with Crippen molar-refractivity contribution in [1.82, 2.24) is 9.80 Å². The average molecular weight is 308 g/mol. The van der Waals surface area contributed by atoms with Crippen molar-refractivity contribution in [2.75, 3.05) is 39.3 Å². The molecule has 1 aliphatic rings. The largest absolute Gasteiger partial charge is 0.480 e. The van der Waals surface area contributed by atoms with Crippen LogP contribution >= 0.6 is 0 Å². The molecule has 0 atom stereocenters. The lowest BCUT2D eigenvalue weighted by molar-refractivity contribution is -0.139. The zero-order valence-corrected chi connectivity index (χ0v) is 12.2. The Labute approximate surface area is 128 Å². The Hall–Kier alpha value is -1.96. The van der Waals surface area contributed by atoms with E-state index in [4.69, 9.17) is 10.2 Å². The van der Waals surface area contributed by atoms with Gasteiger partial charge in [0.25, 0.3) is 0 Å². The first-order chi connectivity index (χ1) is 10.4. The molecule has 3 N–H and O–H groups in total. The van der Waals surface area contributed by atoms with Crippen LogP contribution in [-0.2, 0) is 15.2 Å². The monoisotopic (exact) mass is 308 g/mol. The summed E-state index contributed by atoms with van der Waals surface area (Å²) >= 11 is 0. The molecule has 0 amide bonds. The summed E-state index contributed by atoms with van der Waals surface area (Å²) < 4.78 is 0. The second-order valence-corrected chi connectivity index (χ2v) is 5.61. The second kappa shape index (κ2) is 6.87. The Balaban J connectivity index is 2.26. The van der Waals surface area contributed by atoms with E-state index < -0.39 is 17.5 Å². The molecule has 120 valence electrons. The van der Waals surface area contributed by atoms with E-state index in [2.05, 4.69) is 0 Å². The topological polar surface area (TPSA) is 101 Å². The number of carbonyl (C=O) groups is 2. The summed E-state index contributed by atoms with van der Waals surface area (Å²) in [5.41, 5.74) is -0.648. The first kappa shape index (κ1) is 16.4. The third-order valence-corrected chi connectivity index (χ3v) is 3.73. The van der Waals surface area contributed by atoms with Gasteiger partial charge in [0.15, 0.2) is 0 Å². The minimum atomic E-state index is -1.30. The van der Waals surface area contributed by atoms with Gasteiger partial charge in [0, 0.05) is 26.2 Å². The van der Waals surface area contributed by atoms with E-state index in [9.17, 15) is 14.7 Å². The molecular formula is C15H20N2O5. The number of carboxylic acid groups (broad SMARTS) is 2. The number of aliphatic carboxylic acids is 2. The number of benzene rings is 1. The summed E-state index contributed by atoms with van der Waals surface area (Å²) in [5.74, 6) is -1.94. The number of hydrogen-bond acceptors (Lipinski definition) is 5. The molecule has 0 aromatic heterocycles. The minimum Gasteiger partial charge on any atom is -0.480 e. The minimum absolute atomic E-state index is 0.152. The molecule has 1 heterocycles. The Morgan fingerprint density at radius 2 is 1.41 bits per heavy atom. The maximum atomic E-state index is 11.0. The van der Waals surface area contributed by atoms with Crippen LogP contribution in [0.15, 0.2) is 30.3 Å². The molecule has 1 aliphatic heterocycles. The van der Waals surface area contributed by atoms with Gasteiger partial charge in [0.2, 0.25) is 0 Å². The molecule has 7 nitrogen and oxygen atoms in total. The summed E-state index contributed by atoms with van der Waals surface area (Å²) in [6.07, 6.45) is 0. The molecule has 22 heavy (non-hydrogen) atoms. The maximum Gasteiger partial charge on any atom is 0.317 e. The van der Waals surface area contributed by atoms with E-state index in [1.54, 1.807) is 34.1 Å². The smallest absolute Gasteiger partial charge is 0.317 e. The fraction of sp³-hybridized carbons (Fsp3) is 0.467. The lowest BCUT2D eigenvalue weighted by Crippen LogP contribution is -2.46. The lowest BCUT2D eigenvalue weighted by Gasteiger charge is -2.33. The highest BCUT2D eigenvalue weighted by Gasteiger charge is 2.37. The van der Waals surface area contributed by atoms with Crippen LogP contribution in [0.3, 0.4) is 0 Å². The van der Waals surface area contributed by atoms with Crippen LogP contribution in [0.4, 0.5) is 0 Å². The zero-order chi connectivity index (χ0) is 16.2. The molecule has 2 rings (SSSR count). The van der Waals surface area contributed by atoms with E-state index in [0.717, 1.165) is 0 Å². The third kappa shape index (κ3) is 4.27. The highest BCUT2D eigenvalue weighted by molar-refractivity contribution is 5.69. The van der Waals surface area contributed by atoms with E-state index in [-0.39, 0.29) is 26.2 Å². The van der Waals surface area contributed by atoms with Gasteiger partial charge < -0.3 is 15.3 Å². The summed E-state index contributed by atoms with van der Waals surface area (Å²) in [6.45, 7) is 0.731. The second-order valence-electron chi connectivity index (χ2n) is 5.61. The standard InChI is InChI=1S/C15H20N2O5/c18-13(19)8-16-6-7-17(9-14(20)21)11-15(22,10-16)12-4-2-1-3-5-12/h1-5,22H,6-11H2,(H,18,19)(H,20,21). The van der Waals surface area contributed by atoms with Crippen molar-refractivity contribution in [2.24, 2.45) is 0 Å². The fourth-order valence-corrected chi connectivity index (χ4v) is 2.81. The van der Waals surface area contributed by atoms with Crippen LogP contribution in [0.2, 0.25) is 0 Å². The maximum absolute atomic E-state index is 11.0. The molecule has 0 spiro atoms. The molecule has 0 unspecified atom stereocenters. The summed E-state index contributed by atoms with van der Waals surface area (Å²) in [7, 11) is 0.